The first-order valence-corrected chi connectivity index (χ1v) is 6.52. The van der Waals surface area contributed by atoms with Crippen LogP contribution in [0.15, 0.2) is 0 Å². The van der Waals surface area contributed by atoms with E-state index in [0.29, 0.717) is 0 Å². The summed E-state index contributed by atoms with van der Waals surface area (Å²) in [5.74, 6) is -3.83. The number of primary sulfonamides is 1. The number of carbonyl (C=O) groups is 1. The molecule has 0 fully saturated rings. The highest BCUT2D eigenvalue weighted by atomic mass is 32.2. The summed E-state index contributed by atoms with van der Waals surface area (Å²) in [6, 6.07) is -1.38. The molecule has 10 heteroatoms. The van der Waals surface area contributed by atoms with Gasteiger partial charge in [-0.15, -0.1) is 0 Å². The minimum atomic E-state index is -4.76. The number of rotatable bonds is 6. The number of halogens is 3. The highest BCUT2D eigenvalue weighted by Crippen LogP contribution is 2.32. The van der Waals surface area contributed by atoms with Gasteiger partial charge in [0.1, 0.15) is 0 Å². The van der Waals surface area contributed by atoms with Crippen molar-refractivity contribution < 1.29 is 31.5 Å². The summed E-state index contributed by atoms with van der Waals surface area (Å²) in [4.78, 5) is 10.3. The first-order chi connectivity index (χ1) is 7.85. The van der Waals surface area contributed by atoms with E-state index in [-0.39, 0.29) is 0 Å². The van der Waals surface area contributed by atoms with E-state index in [9.17, 15) is 26.4 Å². The lowest BCUT2D eigenvalue weighted by molar-refractivity contribution is -0.185. The minimum absolute atomic E-state index is 0.812. The van der Waals surface area contributed by atoms with Crippen LogP contribution >= 0.6 is 0 Å². The molecule has 6 nitrogen and oxygen atoms in total. The van der Waals surface area contributed by atoms with Crippen LogP contribution in [0.5, 0.6) is 0 Å². The Bertz CT molecular complexity index is 396. The molecule has 0 aliphatic carbocycles. The maximum absolute atomic E-state index is 12.5. The molecule has 0 saturated heterocycles. The van der Waals surface area contributed by atoms with Crippen LogP contribution < -0.4 is 10.9 Å². The van der Waals surface area contributed by atoms with Gasteiger partial charge in [0.25, 0.3) is 0 Å². The average Bonchev–Trinajstić information content (AvgIpc) is 2.11. The summed E-state index contributed by atoms with van der Waals surface area (Å²) in [6.45, 7) is 1.08. The molecule has 0 amide bonds. The third-order valence-electron chi connectivity index (χ3n) is 2.56. The zero-order valence-electron chi connectivity index (χ0n) is 9.52. The second kappa shape index (κ2) is 5.85. The van der Waals surface area contributed by atoms with E-state index in [1.54, 1.807) is 0 Å². The molecule has 0 spiro atoms. The Kier molecular flexibility index (Phi) is 5.56. The summed E-state index contributed by atoms with van der Waals surface area (Å²) in [5.41, 5.74) is 5.32. The molecule has 0 aromatic heterocycles. The van der Waals surface area contributed by atoms with Gasteiger partial charge in [-0.2, -0.15) is 13.2 Å². The third kappa shape index (κ3) is 5.65. The van der Waals surface area contributed by atoms with Gasteiger partial charge in [-0.1, -0.05) is 0 Å². The third-order valence-corrected chi connectivity index (χ3v) is 3.95. The SMILES string of the molecule is C[C@H]([C@@H](N)C[C@H](CC(=O)O)C(F)(F)F)S(N)(=O)=O. The van der Waals surface area contributed by atoms with Crippen LogP contribution in [-0.2, 0) is 14.8 Å². The first kappa shape index (κ1) is 17.1. The van der Waals surface area contributed by atoms with Crippen molar-refractivity contribution in [3.05, 3.63) is 0 Å². The topological polar surface area (TPSA) is 123 Å². The van der Waals surface area contributed by atoms with E-state index in [4.69, 9.17) is 16.0 Å². The van der Waals surface area contributed by atoms with Gasteiger partial charge in [-0.25, -0.2) is 13.6 Å². The molecule has 0 heterocycles. The van der Waals surface area contributed by atoms with Gasteiger partial charge >= 0.3 is 12.1 Å². The van der Waals surface area contributed by atoms with E-state index >= 15 is 0 Å². The quantitative estimate of drug-likeness (QED) is 0.637. The second-order valence-electron chi connectivity index (χ2n) is 4.03. The number of aliphatic carboxylic acids is 1. The number of alkyl halides is 3. The molecule has 0 aromatic carbocycles. The molecular formula is C8H15F3N2O4S. The van der Waals surface area contributed by atoms with Crippen LogP contribution in [0.1, 0.15) is 19.8 Å². The predicted octanol–water partition coefficient (Wildman–Crippen LogP) is 0.0340. The molecular weight excluding hydrogens is 277 g/mol. The maximum Gasteiger partial charge on any atom is 0.392 e. The van der Waals surface area contributed by atoms with Crippen molar-refractivity contribution >= 4 is 16.0 Å². The van der Waals surface area contributed by atoms with E-state index in [2.05, 4.69) is 0 Å². The normalized spacial score (nSPS) is 18.1. The molecule has 0 aliphatic heterocycles. The molecule has 5 N–H and O–H groups in total. The number of hydrogen-bond acceptors (Lipinski definition) is 4. The van der Waals surface area contributed by atoms with Crippen molar-refractivity contribution in [1.82, 2.24) is 0 Å². The zero-order chi connectivity index (χ0) is 14.7. The maximum atomic E-state index is 12.5. The molecule has 0 aliphatic rings. The van der Waals surface area contributed by atoms with Crippen molar-refractivity contribution in [3.8, 4) is 0 Å². The summed E-state index contributed by atoms with van der Waals surface area (Å²) in [5, 5.41) is 11.8. The molecule has 108 valence electrons. The van der Waals surface area contributed by atoms with Gasteiger partial charge in [0.05, 0.1) is 17.6 Å². The lowest BCUT2D eigenvalue weighted by Crippen LogP contribution is -2.44. The fourth-order valence-electron chi connectivity index (χ4n) is 1.31. The average molecular weight is 292 g/mol. The molecule has 18 heavy (non-hydrogen) atoms. The van der Waals surface area contributed by atoms with Gasteiger partial charge in [0.2, 0.25) is 10.0 Å². The summed E-state index contributed by atoms with van der Waals surface area (Å²) < 4.78 is 59.4. The van der Waals surface area contributed by atoms with Crippen molar-refractivity contribution in [2.75, 3.05) is 0 Å². The number of sulfonamides is 1. The lowest BCUT2D eigenvalue weighted by Gasteiger charge is -2.24. The molecule has 0 bridgehead atoms. The number of nitrogens with two attached hydrogens (primary N) is 2. The fourth-order valence-corrected chi connectivity index (χ4v) is 1.91. The first-order valence-electron chi connectivity index (χ1n) is 4.91. The highest BCUT2D eigenvalue weighted by Gasteiger charge is 2.43. The standard InChI is InChI=1S/C8H15F3N2O4S/c1-4(18(13,16)17)6(12)2-5(3-7(14)15)8(9,10)11/h4-6H,2-3,12H2,1H3,(H,14,15)(H2,13,16,17)/t4-,5-,6+/m1/s1. The molecule has 0 saturated carbocycles. The Labute approximate surface area is 102 Å². The van der Waals surface area contributed by atoms with Gasteiger partial charge in [0, 0.05) is 6.04 Å². The molecule has 3 atom stereocenters. The van der Waals surface area contributed by atoms with E-state index < -0.39 is 52.2 Å². The van der Waals surface area contributed by atoms with Gasteiger partial charge in [-0.3, -0.25) is 4.79 Å². The largest absolute Gasteiger partial charge is 0.481 e. The highest BCUT2D eigenvalue weighted by molar-refractivity contribution is 7.89. The van der Waals surface area contributed by atoms with Crippen LogP contribution in [0.2, 0.25) is 0 Å². The van der Waals surface area contributed by atoms with Crippen LogP contribution in [0.3, 0.4) is 0 Å². The Hall–Kier alpha value is -0.870. The van der Waals surface area contributed by atoms with Crippen molar-refractivity contribution in [3.63, 3.8) is 0 Å². The molecule has 0 unspecified atom stereocenters. The molecule has 0 radical (unpaired) electrons. The van der Waals surface area contributed by atoms with Crippen LogP contribution in [0.4, 0.5) is 13.2 Å². The van der Waals surface area contributed by atoms with Crippen molar-refractivity contribution in [2.24, 2.45) is 16.8 Å². The van der Waals surface area contributed by atoms with Crippen LogP contribution in [0, 0.1) is 5.92 Å². The smallest absolute Gasteiger partial charge is 0.392 e. The van der Waals surface area contributed by atoms with Gasteiger partial charge in [0.15, 0.2) is 0 Å². The Morgan fingerprint density at radius 1 is 1.39 bits per heavy atom. The van der Waals surface area contributed by atoms with E-state index in [0.717, 1.165) is 6.92 Å². The van der Waals surface area contributed by atoms with Crippen molar-refractivity contribution in [1.29, 1.82) is 0 Å². The summed E-state index contributed by atoms with van der Waals surface area (Å²) in [6.07, 6.45) is -6.73. The zero-order valence-corrected chi connectivity index (χ0v) is 10.3. The fraction of sp³-hybridized carbons (Fsp3) is 0.875. The van der Waals surface area contributed by atoms with E-state index in [1.165, 1.54) is 0 Å². The lowest BCUT2D eigenvalue weighted by atomic mass is 9.95. The Morgan fingerprint density at radius 3 is 2.11 bits per heavy atom. The Morgan fingerprint density at radius 2 is 1.83 bits per heavy atom. The number of carboxylic acid groups (broad SMARTS) is 1. The number of hydrogen-bond donors (Lipinski definition) is 3. The molecule has 0 aromatic rings. The van der Waals surface area contributed by atoms with Crippen molar-refractivity contribution in [2.45, 2.75) is 37.2 Å². The van der Waals surface area contributed by atoms with E-state index in [1.807, 2.05) is 0 Å². The number of carboxylic acids is 1. The monoisotopic (exact) mass is 292 g/mol. The molecule has 0 rings (SSSR count). The predicted molar refractivity (Wildman–Crippen MR) is 57.0 cm³/mol. The summed E-state index contributed by atoms with van der Waals surface area (Å²) >= 11 is 0. The van der Waals surface area contributed by atoms with Crippen LogP contribution in [-0.4, -0.2) is 37.0 Å². The van der Waals surface area contributed by atoms with Crippen LogP contribution in [0.25, 0.3) is 0 Å². The Balaban J connectivity index is 4.84. The van der Waals surface area contributed by atoms with Gasteiger partial charge < -0.3 is 10.8 Å². The van der Waals surface area contributed by atoms with Gasteiger partial charge in [-0.05, 0) is 13.3 Å². The minimum Gasteiger partial charge on any atom is -0.481 e. The second-order valence-corrected chi connectivity index (χ2v) is 5.95. The summed E-state index contributed by atoms with van der Waals surface area (Å²) in [7, 11) is -4.06.